The summed E-state index contributed by atoms with van der Waals surface area (Å²) >= 11 is 4.67. The Labute approximate surface area is 117 Å². The number of thiophene rings is 1. The smallest absolute Gasteiger partial charge is 0.324 e. The summed E-state index contributed by atoms with van der Waals surface area (Å²) in [6.07, 6.45) is 0. The fourth-order valence-electron chi connectivity index (χ4n) is 1.54. The maximum absolute atomic E-state index is 10.6. The second-order valence-corrected chi connectivity index (χ2v) is 5.76. The van der Waals surface area contributed by atoms with Crippen molar-refractivity contribution in [2.75, 3.05) is 5.32 Å². The quantitative estimate of drug-likeness (QED) is 0.671. The van der Waals surface area contributed by atoms with Crippen molar-refractivity contribution in [2.24, 2.45) is 0 Å². The zero-order valence-electron chi connectivity index (χ0n) is 9.64. The van der Waals surface area contributed by atoms with Gasteiger partial charge in [-0.1, -0.05) is 33.3 Å². The van der Waals surface area contributed by atoms with E-state index >= 15 is 0 Å². The van der Waals surface area contributed by atoms with Crippen LogP contribution in [0.1, 0.15) is 10.4 Å². The van der Waals surface area contributed by atoms with E-state index in [1.807, 2.05) is 25.1 Å². The standard InChI is InChI=1S/C12H11BrN2O2S/c1-8-10(13)3-2-4-11(8)14-7-9-5-6-12(18-9)15(16)17/h2-6,14H,7H2,1H3. The van der Waals surface area contributed by atoms with Gasteiger partial charge in [-0.15, -0.1) is 0 Å². The molecule has 2 rings (SSSR count). The van der Waals surface area contributed by atoms with Crippen LogP contribution in [-0.2, 0) is 6.54 Å². The summed E-state index contributed by atoms with van der Waals surface area (Å²) in [7, 11) is 0. The lowest BCUT2D eigenvalue weighted by atomic mass is 10.2. The van der Waals surface area contributed by atoms with E-state index in [0.717, 1.165) is 20.6 Å². The van der Waals surface area contributed by atoms with Crippen LogP contribution in [0.4, 0.5) is 10.7 Å². The molecule has 0 fully saturated rings. The molecule has 0 unspecified atom stereocenters. The molecule has 1 N–H and O–H groups in total. The van der Waals surface area contributed by atoms with Gasteiger partial charge < -0.3 is 5.32 Å². The zero-order chi connectivity index (χ0) is 13.1. The molecule has 1 aromatic carbocycles. The van der Waals surface area contributed by atoms with Crippen LogP contribution in [0.25, 0.3) is 0 Å². The first kappa shape index (κ1) is 13.0. The van der Waals surface area contributed by atoms with Crippen molar-refractivity contribution >= 4 is 38.0 Å². The Balaban J connectivity index is 2.07. The molecule has 6 heteroatoms. The SMILES string of the molecule is Cc1c(Br)cccc1NCc1ccc([N+](=O)[O-])s1. The molecule has 0 atom stereocenters. The van der Waals surface area contributed by atoms with Gasteiger partial charge in [-0.25, -0.2) is 0 Å². The maximum Gasteiger partial charge on any atom is 0.324 e. The Morgan fingerprint density at radius 2 is 2.17 bits per heavy atom. The molecule has 0 aliphatic rings. The van der Waals surface area contributed by atoms with E-state index in [0.29, 0.717) is 6.54 Å². The predicted molar refractivity (Wildman–Crippen MR) is 77.2 cm³/mol. The lowest BCUT2D eigenvalue weighted by Crippen LogP contribution is -1.99. The number of nitrogens with one attached hydrogen (secondary N) is 1. The topological polar surface area (TPSA) is 55.2 Å². The van der Waals surface area contributed by atoms with Crippen LogP contribution >= 0.6 is 27.3 Å². The number of benzene rings is 1. The van der Waals surface area contributed by atoms with Gasteiger partial charge in [-0.2, -0.15) is 0 Å². The molecule has 0 radical (unpaired) electrons. The molecule has 0 aliphatic carbocycles. The van der Waals surface area contributed by atoms with Crippen LogP contribution in [0, 0.1) is 17.0 Å². The molecule has 0 spiro atoms. The van der Waals surface area contributed by atoms with Gasteiger partial charge in [-0.05, 0) is 30.7 Å². The number of hydrogen-bond acceptors (Lipinski definition) is 4. The molecular weight excluding hydrogens is 316 g/mol. The van der Waals surface area contributed by atoms with Gasteiger partial charge in [0, 0.05) is 27.6 Å². The summed E-state index contributed by atoms with van der Waals surface area (Å²) in [5, 5.41) is 14.0. The molecule has 1 heterocycles. The van der Waals surface area contributed by atoms with E-state index in [-0.39, 0.29) is 9.92 Å². The van der Waals surface area contributed by atoms with E-state index in [4.69, 9.17) is 0 Å². The lowest BCUT2D eigenvalue weighted by Gasteiger charge is -2.09. The van der Waals surface area contributed by atoms with Gasteiger partial charge in [0.1, 0.15) is 0 Å². The average Bonchev–Trinajstić information content (AvgIpc) is 2.80. The highest BCUT2D eigenvalue weighted by molar-refractivity contribution is 9.10. The van der Waals surface area contributed by atoms with Crippen molar-refractivity contribution in [1.82, 2.24) is 0 Å². The van der Waals surface area contributed by atoms with Crippen LogP contribution in [0.3, 0.4) is 0 Å². The second kappa shape index (κ2) is 5.49. The largest absolute Gasteiger partial charge is 0.380 e. The zero-order valence-corrected chi connectivity index (χ0v) is 12.0. The number of nitrogens with zero attached hydrogens (tertiary/aromatic N) is 1. The van der Waals surface area contributed by atoms with Crippen LogP contribution < -0.4 is 5.32 Å². The van der Waals surface area contributed by atoms with E-state index in [2.05, 4.69) is 21.2 Å². The first-order valence-corrected chi connectivity index (χ1v) is 6.91. The first-order valence-electron chi connectivity index (χ1n) is 5.30. The number of nitro groups is 1. The summed E-state index contributed by atoms with van der Waals surface area (Å²) in [6.45, 7) is 2.61. The highest BCUT2D eigenvalue weighted by Crippen LogP contribution is 2.27. The third kappa shape index (κ3) is 2.88. The van der Waals surface area contributed by atoms with Crippen molar-refractivity contribution in [1.29, 1.82) is 0 Å². The van der Waals surface area contributed by atoms with Crippen molar-refractivity contribution < 1.29 is 4.92 Å². The summed E-state index contributed by atoms with van der Waals surface area (Å²) in [6, 6.07) is 9.24. The molecule has 0 saturated heterocycles. The van der Waals surface area contributed by atoms with E-state index in [1.165, 1.54) is 17.4 Å². The van der Waals surface area contributed by atoms with Crippen LogP contribution in [-0.4, -0.2) is 4.92 Å². The van der Waals surface area contributed by atoms with Gasteiger partial charge in [0.2, 0.25) is 0 Å². The van der Waals surface area contributed by atoms with Crippen molar-refractivity contribution in [3.05, 3.63) is 55.4 Å². The number of anilines is 1. The molecule has 18 heavy (non-hydrogen) atoms. The molecule has 0 saturated carbocycles. The lowest BCUT2D eigenvalue weighted by molar-refractivity contribution is -0.380. The van der Waals surface area contributed by atoms with E-state index < -0.39 is 0 Å². The van der Waals surface area contributed by atoms with Crippen molar-refractivity contribution in [2.45, 2.75) is 13.5 Å². The molecule has 0 aliphatic heterocycles. The molecule has 94 valence electrons. The van der Waals surface area contributed by atoms with Crippen LogP contribution in [0.15, 0.2) is 34.8 Å². The van der Waals surface area contributed by atoms with Gasteiger partial charge in [0.25, 0.3) is 0 Å². The fourth-order valence-corrected chi connectivity index (χ4v) is 2.67. The number of rotatable bonds is 4. The Morgan fingerprint density at radius 3 is 2.83 bits per heavy atom. The summed E-state index contributed by atoms with van der Waals surface area (Å²) in [5.74, 6) is 0. The monoisotopic (exact) mass is 326 g/mol. The maximum atomic E-state index is 10.6. The minimum Gasteiger partial charge on any atom is -0.380 e. The van der Waals surface area contributed by atoms with Gasteiger partial charge in [0.05, 0.1) is 4.92 Å². The Hall–Kier alpha value is -1.40. The minimum atomic E-state index is -0.363. The average molecular weight is 327 g/mol. The first-order chi connectivity index (χ1) is 8.58. The molecule has 2 aromatic rings. The van der Waals surface area contributed by atoms with Gasteiger partial charge in [0.15, 0.2) is 0 Å². The van der Waals surface area contributed by atoms with Crippen molar-refractivity contribution in [3.63, 3.8) is 0 Å². The normalized spacial score (nSPS) is 10.3. The third-order valence-electron chi connectivity index (χ3n) is 2.55. The Bertz CT molecular complexity index is 583. The van der Waals surface area contributed by atoms with Crippen LogP contribution in [0.2, 0.25) is 0 Å². The number of halogens is 1. The molecular formula is C12H11BrN2O2S. The highest BCUT2D eigenvalue weighted by Gasteiger charge is 2.09. The second-order valence-electron chi connectivity index (χ2n) is 3.76. The minimum absolute atomic E-state index is 0.178. The molecule has 4 nitrogen and oxygen atoms in total. The summed E-state index contributed by atoms with van der Waals surface area (Å²) in [5.41, 5.74) is 2.16. The Morgan fingerprint density at radius 1 is 1.39 bits per heavy atom. The highest BCUT2D eigenvalue weighted by atomic mass is 79.9. The Kier molecular flexibility index (Phi) is 3.98. The molecule has 0 amide bonds. The van der Waals surface area contributed by atoms with Gasteiger partial charge >= 0.3 is 5.00 Å². The van der Waals surface area contributed by atoms with E-state index in [1.54, 1.807) is 6.07 Å². The summed E-state index contributed by atoms with van der Waals surface area (Å²) < 4.78 is 1.05. The van der Waals surface area contributed by atoms with Crippen molar-refractivity contribution in [3.8, 4) is 0 Å². The van der Waals surface area contributed by atoms with Crippen LogP contribution in [0.5, 0.6) is 0 Å². The molecule has 0 bridgehead atoms. The van der Waals surface area contributed by atoms with E-state index in [9.17, 15) is 10.1 Å². The predicted octanol–water partition coefficient (Wildman–Crippen LogP) is 4.34. The fraction of sp³-hybridized carbons (Fsp3) is 0.167. The van der Waals surface area contributed by atoms with Gasteiger partial charge in [-0.3, -0.25) is 10.1 Å². The summed E-state index contributed by atoms with van der Waals surface area (Å²) in [4.78, 5) is 11.2. The molecule has 1 aromatic heterocycles. The third-order valence-corrected chi connectivity index (χ3v) is 4.44. The number of hydrogen-bond donors (Lipinski definition) is 1.